The van der Waals surface area contributed by atoms with Crippen LogP contribution in [0.15, 0.2) is 65.3 Å². The smallest absolute Gasteiger partial charge is 0.122 e. The van der Waals surface area contributed by atoms with Crippen molar-refractivity contribution in [2.75, 3.05) is 19.6 Å². The lowest BCUT2D eigenvalue weighted by Gasteiger charge is -2.28. The van der Waals surface area contributed by atoms with Crippen LogP contribution in [0.3, 0.4) is 0 Å². The van der Waals surface area contributed by atoms with Gasteiger partial charge in [0.1, 0.15) is 5.76 Å². The van der Waals surface area contributed by atoms with Gasteiger partial charge < -0.3 is 10.2 Å². The van der Waals surface area contributed by atoms with Crippen LogP contribution in [0.5, 0.6) is 0 Å². The molecule has 1 aromatic heterocycles. The van der Waals surface area contributed by atoms with Gasteiger partial charge in [-0.05, 0) is 54.4 Å². The molecular formula is C21H25N3O. The maximum absolute atomic E-state index is 6.50. The van der Waals surface area contributed by atoms with E-state index in [1.54, 1.807) is 6.26 Å². The second-order valence-corrected chi connectivity index (χ2v) is 6.73. The summed E-state index contributed by atoms with van der Waals surface area (Å²) in [5, 5.41) is 5.96. The maximum atomic E-state index is 6.50. The van der Waals surface area contributed by atoms with Gasteiger partial charge in [-0.3, -0.25) is 10.2 Å². The largest absolute Gasteiger partial charge is 0.468 e. The number of likely N-dealkylation sites (tertiary alicyclic amines) is 1. The van der Waals surface area contributed by atoms with Crippen molar-refractivity contribution >= 4 is 10.8 Å². The molecule has 0 saturated carbocycles. The third kappa shape index (κ3) is 3.47. The summed E-state index contributed by atoms with van der Waals surface area (Å²) in [6, 6.07) is 19.0. The summed E-state index contributed by atoms with van der Waals surface area (Å²) in [7, 11) is 0. The van der Waals surface area contributed by atoms with E-state index in [9.17, 15) is 0 Å². The van der Waals surface area contributed by atoms with E-state index in [4.69, 9.17) is 10.2 Å². The summed E-state index contributed by atoms with van der Waals surface area (Å²) < 4.78 is 5.69. The average molecular weight is 335 g/mol. The molecule has 1 fully saturated rings. The van der Waals surface area contributed by atoms with Crippen molar-refractivity contribution in [3.8, 4) is 0 Å². The maximum Gasteiger partial charge on any atom is 0.122 e. The summed E-state index contributed by atoms with van der Waals surface area (Å²) in [5.74, 6) is 1.01. The number of furan rings is 1. The first-order valence-corrected chi connectivity index (χ1v) is 9.07. The topological polar surface area (TPSA) is 54.4 Å². The van der Waals surface area contributed by atoms with Crippen molar-refractivity contribution < 1.29 is 4.42 Å². The van der Waals surface area contributed by atoms with E-state index in [1.165, 1.54) is 23.6 Å². The van der Waals surface area contributed by atoms with Gasteiger partial charge in [0.15, 0.2) is 0 Å². The number of nitrogens with two attached hydrogens (primary N) is 1. The van der Waals surface area contributed by atoms with Crippen LogP contribution < -0.4 is 11.1 Å². The molecule has 4 rings (SSSR count). The summed E-state index contributed by atoms with van der Waals surface area (Å²) in [4.78, 5) is 2.49. The zero-order valence-corrected chi connectivity index (χ0v) is 14.4. The normalized spacial score (nSPS) is 17.8. The van der Waals surface area contributed by atoms with Crippen molar-refractivity contribution in [2.45, 2.75) is 25.0 Å². The van der Waals surface area contributed by atoms with Gasteiger partial charge in [-0.2, -0.15) is 0 Å². The molecule has 0 amide bonds. The molecule has 130 valence electrons. The molecule has 3 aromatic rings. The predicted octanol–water partition coefficient (Wildman–Crippen LogP) is 3.82. The van der Waals surface area contributed by atoms with Crippen LogP contribution in [0, 0.1) is 0 Å². The van der Waals surface area contributed by atoms with Crippen LogP contribution in [0.2, 0.25) is 0 Å². The number of hydrogen-bond donors (Lipinski definition) is 2. The van der Waals surface area contributed by atoms with E-state index in [-0.39, 0.29) is 12.2 Å². The van der Waals surface area contributed by atoms with Crippen LogP contribution in [-0.2, 0) is 0 Å². The monoisotopic (exact) mass is 335 g/mol. The lowest BCUT2D eigenvalue weighted by atomic mass is 10.0. The Hall–Kier alpha value is -2.14. The fraction of sp³-hybridized carbons (Fsp3) is 0.333. The Morgan fingerprint density at radius 1 is 1.00 bits per heavy atom. The average Bonchev–Trinajstić information content (AvgIpc) is 3.36. The summed E-state index contributed by atoms with van der Waals surface area (Å²) >= 11 is 0. The predicted molar refractivity (Wildman–Crippen MR) is 101 cm³/mol. The number of nitrogens with zero attached hydrogens (tertiary/aromatic N) is 1. The Kier molecular flexibility index (Phi) is 4.83. The van der Waals surface area contributed by atoms with Crippen molar-refractivity contribution in [1.29, 1.82) is 0 Å². The van der Waals surface area contributed by atoms with Gasteiger partial charge in [0.25, 0.3) is 0 Å². The van der Waals surface area contributed by atoms with Crippen molar-refractivity contribution in [1.82, 2.24) is 10.2 Å². The van der Waals surface area contributed by atoms with Crippen molar-refractivity contribution in [2.24, 2.45) is 5.73 Å². The second kappa shape index (κ2) is 7.40. The van der Waals surface area contributed by atoms with Gasteiger partial charge >= 0.3 is 0 Å². The second-order valence-electron chi connectivity index (χ2n) is 6.73. The van der Waals surface area contributed by atoms with Gasteiger partial charge in [-0.15, -0.1) is 0 Å². The third-order valence-corrected chi connectivity index (χ3v) is 5.14. The zero-order valence-electron chi connectivity index (χ0n) is 14.4. The summed E-state index contributed by atoms with van der Waals surface area (Å²) in [6.45, 7) is 3.02. The van der Waals surface area contributed by atoms with Gasteiger partial charge in [0.05, 0.1) is 18.5 Å². The first-order chi connectivity index (χ1) is 12.3. The molecular weight excluding hydrogens is 310 g/mol. The third-order valence-electron chi connectivity index (χ3n) is 5.14. The van der Waals surface area contributed by atoms with Gasteiger partial charge in [-0.1, -0.05) is 42.5 Å². The van der Waals surface area contributed by atoms with Crippen LogP contribution in [0.1, 0.15) is 36.4 Å². The van der Waals surface area contributed by atoms with E-state index in [2.05, 4.69) is 58.7 Å². The molecule has 3 N–H and O–H groups in total. The summed E-state index contributed by atoms with van der Waals surface area (Å²) in [5.41, 5.74) is 7.64. The van der Waals surface area contributed by atoms with Crippen LogP contribution in [0.25, 0.3) is 10.8 Å². The molecule has 1 saturated heterocycles. The minimum absolute atomic E-state index is 0.203. The number of hydrogen-bond acceptors (Lipinski definition) is 4. The SMILES string of the molecule is NC(NCC(c1ccco1)N1CCCC1)c1cccc2ccccc12. The molecule has 0 aliphatic carbocycles. The first-order valence-electron chi connectivity index (χ1n) is 9.07. The van der Waals surface area contributed by atoms with Crippen LogP contribution >= 0.6 is 0 Å². The quantitative estimate of drug-likeness (QED) is 0.673. The van der Waals surface area contributed by atoms with Crippen molar-refractivity contribution in [3.63, 3.8) is 0 Å². The zero-order chi connectivity index (χ0) is 17.1. The lowest BCUT2D eigenvalue weighted by Crippen LogP contribution is -2.38. The number of nitrogens with one attached hydrogen (secondary N) is 1. The van der Waals surface area contributed by atoms with E-state index in [0.717, 1.165) is 31.0 Å². The molecule has 1 aliphatic heterocycles. The van der Waals surface area contributed by atoms with E-state index in [0.29, 0.717) is 0 Å². The van der Waals surface area contributed by atoms with Crippen LogP contribution in [-0.4, -0.2) is 24.5 Å². The molecule has 0 spiro atoms. The molecule has 2 atom stereocenters. The fourth-order valence-corrected chi connectivity index (χ4v) is 3.81. The Morgan fingerprint density at radius 2 is 1.80 bits per heavy atom. The first kappa shape index (κ1) is 16.3. The van der Waals surface area contributed by atoms with Crippen molar-refractivity contribution in [3.05, 3.63) is 72.2 Å². The fourth-order valence-electron chi connectivity index (χ4n) is 3.81. The molecule has 2 heterocycles. The highest BCUT2D eigenvalue weighted by Gasteiger charge is 2.26. The minimum atomic E-state index is -0.203. The molecule has 0 bridgehead atoms. The summed E-state index contributed by atoms with van der Waals surface area (Å²) in [6.07, 6.45) is 4.06. The van der Waals surface area contributed by atoms with E-state index >= 15 is 0 Å². The highest BCUT2D eigenvalue weighted by atomic mass is 16.3. The van der Waals surface area contributed by atoms with Crippen LogP contribution in [0.4, 0.5) is 0 Å². The van der Waals surface area contributed by atoms with Gasteiger partial charge in [0, 0.05) is 6.54 Å². The highest BCUT2D eigenvalue weighted by molar-refractivity contribution is 5.86. The Morgan fingerprint density at radius 3 is 2.60 bits per heavy atom. The number of benzene rings is 2. The molecule has 2 unspecified atom stereocenters. The molecule has 4 nitrogen and oxygen atoms in total. The number of rotatable bonds is 6. The highest BCUT2D eigenvalue weighted by Crippen LogP contribution is 2.26. The Labute approximate surface area is 148 Å². The Balaban J connectivity index is 1.52. The minimum Gasteiger partial charge on any atom is -0.468 e. The number of fused-ring (bicyclic) bond motifs is 1. The molecule has 1 aliphatic rings. The lowest BCUT2D eigenvalue weighted by molar-refractivity contribution is 0.205. The van der Waals surface area contributed by atoms with Gasteiger partial charge in [0.2, 0.25) is 0 Å². The van der Waals surface area contributed by atoms with E-state index < -0.39 is 0 Å². The van der Waals surface area contributed by atoms with E-state index in [1.807, 2.05) is 6.07 Å². The molecule has 4 heteroatoms. The van der Waals surface area contributed by atoms with Gasteiger partial charge in [-0.25, -0.2) is 0 Å². The molecule has 0 radical (unpaired) electrons. The molecule has 2 aromatic carbocycles. The molecule has 25 heavy (non-hydrogen) atoms. The Bertz CT molecular complexity index is 804. The standard InChI is InChI=1S/C21H25N3O/c22-21(18-10-5-8-16-7-1-2-9-17(16)18)23-15-19(20-11-6-14-25-20)24-12-3-4-13-24/h1-2,5-11,14,19,21,23H,3-4,12-13,15,22H2.